The predicted octanol–water partition coefficient (Wildman–Crippen LogP) is 1.39. The number of aliphatic carboxylic acids is 1. The minimum atomic E-state index is -4.45. The Bertz CT molecular complexity index is 547. The molecule has 1 unspecified atom stereocenters. The molecule has 23 heavy (non-hydrogen) atoms. The molecule has 1 rings (SSSR count). The number of methoxy groups -OCH3 is 1. The van der Waals surface area contributed by atoms with Gasteiger partial charge in [-0.2, -0.15) is 13.2 Å². The maximum absolute atomic E-state index is 12.1. The van der Waals surface area contributed by atoms with Crippen molar-refractivity contribution < 1.29 is 37.3 Å². The van der Waals surface area contributed by atoms with Crippen LogP contribution in [0.25, 0.3) is 0 Å². The number of alkyl halides is 3. The fraction of sp³-hybridized carbons (Fsp3) is 0.429. The Kier molecular flexibility index (Phi) is 6.83. The second-order valence-corrected chi connectivity index (χ2v) is 4.59. The standard InChI is InChI=1S/C14H16F3NO5/c1-22-11(13(20)21)7-18-12(19)6-9-3-2-4-10(5-9)23-8-14(15,16)17/h2-5,11H,6-8H2,1H3,(H,18,19)(H,20,21). The fourth-order valence-electron chi connectivity index (χ4n) is 1.64. The zero-order valence-electron chi connectivity index (χ0n) is 12.2. The van der Waals surface area contributed by atoms with Gasteiger partial charge in [-0.15, -0.1) is 0 Å². The number of benzene rings is 1. The number of carboxylic acids is 1. The Morgan fingerprint density at radius 3 is 2.61 bits per heavy atom. The molecule has 0 aliphatic heterocycles. The molecule has 1 aromatic rings. The molecule has 2 N–H and O–H groups in total. The average molecular weight is 335 g/mol. The number of rotatable bonds is 8. The van der Waals surface area contributed by atoms with Crippen LogP contribution in [0, 0.1) is 0 Å². The normalized spacial score (nSPS) is 12.5. The molecular weight excluding hydrogens is 319 g/mol. The molecule has 0 radical (unpaired) electrons. The summed E-state index contributed by atoms with van der Waals surface area (Å²) < 4.78 is 45.5. The van der Waals surface area contributed by atoms with Gasteiger partial charge in [-0.05, 0) is 17.7 Å². The van der Waals surface area contributed by atoms with Crippen molar-refractivity contribution >= 4 is 11.9 Å². The number of ether oxygens (including phenoxy) is 2. The highest BCUT2D eigenvalue weighted by Crippen LogP contribution is 2.19. The van der Waals surface area contributed by atoms with Crippen molar-refractivity contribution in [3.8, 4) is 5.75 Å². The molecule has 128 valence electrons. The van der Waals surface area contributed by atoms with E-state index in [1.807, 2.05) is 0 Å². The van der Waals surface area contributed by atoms with Crippen molar-refractivity contribution in [2.24, 2.45) is 0 Å². The zero-order chi connectivity index (χ0) is 17.5. The Morgan fingerprint density at radius 1 is 1.35 bits per heavy atom. The Labute approximate surface area is 130 Å². The van der Waals surface area contributed by atoms with Gasteiger partial charge in [0.05, 0.1) is 13.0 Å². The van der Waals surface area contributed by atoms with E-state index in [1.54, 1.807) is 6.07 Å². The molecule has 1 atom stereocenters. The molecule has 0 spiro atoms. The number of carboxylic acid groups (broad SMARTS) is 1. The first-order valence-corrected chi connectivity index (χ1v) is 6.52. The second kappa shape index (κ2) is 8.37. The van der Waals surface area contributed by atoms with Gasteiger partial charge in [0.15, 0.2) is 12.7 Å². The monoisotopic (exact) mass is 335 g/mol. The van der Waals surface area contributed by atoms with Gasteiger partial charge >= 0.3 is 12.1 Å². The summed E-state index contributed by atoms with van der Waals surface area (Å²) in [6, 6.07) is 5.67. The molecule has 0 fully saturated rings. The Morgan fingerprint density at radius 2 is 2.04 bits per heavy atom. The van der Waals surface area contributed by atoms with Crippen LogP contribution in [-0.2, 0) is 20.7 Å². The highest BCUT2D eigenvalue weighted by molar-refractivity contribution is 5.80. The van der Waals surface area contributed by atoms with Crippen LogP contribution in [0.1, 0.15) is 5.56 Å². The van der Waals surface area contributed by atoms with E-state index in [4.69, 9.17) is 5.11 Å². The van der Waals surface area contributed by atoms with Crippen molar-refractivity contribution in [3.05, 3.63) is 29.8 Å². The molecule has 0 aliphatic carbocycles. The third kappa shape index (κ3) is 7.50. The predicted molar refractivity (Wildman–Crippen MR) is 73.1 cm³/mol. The highest BCUT2D eigenvalue weighted by Gasteiger charge is 2.28. The van der Waals surface area contributed by atoms with Crippen LogP contribution >= 0.6 is 0 Å². The largest absolute Gasteiger partial charge is 0.484 e. The lowest BCUT2D eigenvalue weighted by molar-refractivity contribution is -0.153. The van der Waals surface area contributed by atoms with E-state index in [-0.39, 0.29) is 18.7 Å². The first-order valence-electron chi connectivity index (χ1n) is 6.52. The number of nitrogens with one attached hydrogen (secondary N) is 1. The highest BCUT2D eigenvalue weighted by atomic mass is 19.4. The van der Waals surface area contributed by atoms with E-state index >= 15 is 0 Å². The van der Waals surface area contributed by atoms with Crippen molar-refractivity contribution in [3.63, 3.8) is 0 Å². The summed E-state index contributed by atoms with van der Waals surface area (Å²) in [6.45, 7) is -1.63. The molecule has 0 aromatic heterocycles. The van der Waals surface area contributed by atoms with E-state index in [2.05, 4.69) is 14.8 Å². The maximum Gasteiger partial charge on any atom is 0.422 e. The zero-order valence-corrected chi connectivity index (χ0v) is 12.2. The van der Waals surface area contributed by atoms with Gasteiger partial charge in [0.1, 0.15) is 5.75 Å². The topological polar surface area (TPSA) is 84.9 Å². The van der Waals surface area contributed by atoms with Crippen LogP contribution in [0.2, 0.25) is 0 Å². The second-order valence-electron chi connectivity index (χ2n) is 4.59. The lowest BCUT2D eigenvalue weighted by Gasteiger charge is -2.12. The summed E-state index contributed by atoms with van der Waals surface area (Å²) in [5.41, 5.74) is 0.437. The summed E-state index contributed by atoms with van der Waals surface area (Å²) in [7, 11) is 1.20. The first-order chi connectivity index (χ1) is 10.7. The van der Waals surface area contributed by atoms with Gasteiger partial charge in [-0.25, -0.2) is 4.79 Å². The lowest BCUT2D eigenvalue weighted by Crippen LogP contribution is -2.38. The average Bonchev–Trinajstić information content (AvgIpc) is 2.45. The van der Waals surface area contributed by atoms with Crippen LogP contribution < -0.4 is 10.1 Å². The fourth-order valence-corrected chi connectivity index (χ4v) is 1.64. The minimum Gasteiger partial charge on any atom is -0.484 e. The summed E-state index contributed by atoms with van der Waals surface area (Å²) in [5.74, 6) is -1.70. The molecule has 0 aliphatic rings. The van der Waals surface area contributed by atoms with Gasteiger partial charge < -0.3 is 19.9 Å². The number of carbonyl (C=O) groups is 2. The molecule has 0 heterocycles. The van der Waals surface area contributed by atoms with Crippen LogP contribution in [0.5, 0.6) is 5.75 Å². The molecule has 0 bridgehead atoms. The number of halogens is 3. The SMILES string of the molecule is COC(CNC(=O)Cc1cccc(OCC(F)(F)F)c1)C(=O)O. The van der Waals surface area contributed by atoms with E-state index in [9.17, 15) is 22.8 Å². The van der Waals surface area contributed by atoms with E-state index in [1.165, 1.54) is 25.3 Å². The number of hydrogen-bond donors (Lipinski definition) is 2. The van der Waals surface area contributed by atoms with E-state index in [0.717, 1.165) is 0 Å². The van der Waals surface area contributed by atoms with Crippen molar-refractivity contribution in [2.45, 2.75) is 18.7 Å². The van der Waals surface area contributed by atoms with Crippen molar-refractivity contribution in [1.82, 2.24) is 5.32 Å². The Balaban J connectivity index is 2.53. The van der Waals surface area contributed by atoms with Crippen molar-refractivity contribution in [2.75, 3.05) is 20.3 Å². The van der Waals surface area contributed by atoms with Crippen molar-refractivity contribution in [1.29, 1.82) is 0 Å². The van der Waals surface area contributed by atoms with Crippen LogP contribution in [0.15, 0.2) is 24.3 Å². The molecule has 1 amide bonds. The maximum atomic E-state index is 12.1. The smallest absolute Gasteiger partial charge is 0.422 e. The number of amides is 1. The van der Waals surface area contributed by atoms with Gasteiger partial charge in [-0.1, -0.05) is 12.1 Å². The molecule has 6 nitrogen and oxygen atoms in total. The van der Waals surface area contributed by atoms with E-state index < -0.39 is 30.8 Å². The quantitative estimate of drug-likeness (QED) is 0.750. The molecule has 0 saturated carbocycles. The van der Waals surface area contributed by atoms with Crippen LogP contribution in [-0.4, -0.2) is 49.5 Å². The number of carbonyl (C=O) groups excluding carboxylic acids is 1. The van der Waals surface area contributed by atoms with E-state index in [0.29, 0.717) is 5.56 Å². The minimum absolute atomic E-state index is 0.00655. The third-order valence-electron chi connectivity index (χ3n) is 2.71. The molecule has 1 aromatic carbocycles. The summed E-state index contributed by atoms with van der Waals surface area (Å²) in [5, 5.41) is 11.1. The molecular formula is C14H16F3NO5. The first kappa shape index (κ1) is 18.8. The molecule has 0 saturated heterocycles. The number of hydrogen-bond acceptors (Lipinski definition) is 4. The van der Waals surface area contributed by atoms with Crippen LogP contribution in [0.4, 0.5) is 13.2 Å². The van der Waals surface area contributed by atoms with Gasteiger partial charge in [-0.3, -0.25) is 4.79 Å². The van der Waals surface area contributed by atoms with Gasteiger partial charge in [0.25, 0.3) is 0 Å². The van der Waals surface area contributed by atoms with Gasteiger partial charge in [0.2, 0.25) is 5.91 Å². The van der Waals surface area contributed by atoms with Crippen LogP contribution in [0.3, 0.4) is 0 Å². The third-order valence-corrected chi connectivity index (χ3v) is 2.71. The Hall–Kier alpha value is -2.29. The van der Waals surface area contributed by atoms with Gasteiger partial charge in [0, 0.05) is 7.11 Å². The summed E-state index contributed by atoms with van der Waals surface area (Å²) in [6.07, 6.45) is -5.74. The summed E-state index contributed by atoms with van der Waals surface area (Å²) >= 11 is 0. The molecule has 9 heteroatoms. The summed E-state index contributed by atoms with van der Waals surface area (Å²) in [4.78, 5) is 22.4. The lowest BCUT2D eigenvalue weighted by atomic mass is 10.1.